The fraction of sp³-hybridized carbons (Fsp3) is 0.357. The van der Waals surface area contributed by atoms with E-state index in [1.165, 1.54) is 0 Å². The van der Waals surface area contributed by atoms with Gasteiger partial charge in [0.15, 0.2) is 0 Å². The van der Waals surface area contributed by atoms with Crippen molar-refractivity contribution in [1.29, 1.82) is 0 Å². The first-order valence-electron chi connectivity index (χ1n) is 6.44. The summed E-state index contributed by atoms with van der Waals surface area (Å²) in [5.41, 5.74) is 1.95. The molecule has 0 saturated heterocycles. The molecule has 2 heterocycles. The summed E-state index contributed by atoms with van der Waals surface area (Å²) >= 11 is 1.56. The van der Waals surface area contributed by atoms with Gasteiger partial charge in [0, 0.05) is 35.8 Å². The third kappa shape index (κ3) is 4.11. The highest BCUT2D eigenvalue weighted by Gasteiger charge is 2.09. The molecule has 6 heteroatoms. The molecule has 0 aromatic carbocycles. The van der Waals surface area contributed by atoms with Crippen LogP contribution in [0.3, 0.4) is 0 Å². The van der Waals surface area contributed by atoms with Crippen LogP contribution in [-0.2, 0) is 11.2 Å². The molecular formula is C14H17N3O2S. The van der Waals surface area contributed by atoms with Gasteiger partial charge in [-0.15, -0.1) is 11.3 Å². The van der Waals surface area contributed by atoms with Crippen LogP contribution in [0, 0.1) is 0 Å². The molecule has 5 nitrogen and oxygen atoms in total. The van der Waals surface area contributed by atoms with Gasteiger partial charge in [0.2, 0.25) is 5.91 Å². The van der Waals surface area contributed by atoms with Crippen LogP contribution in [0.5, 0.6) is 0 Å². The van der Waals surface area contributed by atoms with E-state index in [1.807, 2.05) is 17.5 Å². The second-order valence-electron chi connectivity index (χ2n) is 4.53. The highest BCUT2D eigenvalue weighted by atomic mass is 32.1. The van der Waals surface area contributed by atoms with E-state index < -0.39 is 0 Å². The zero-order valence-electron chi connectivity index (χ0n) is 11.2. The molecular weight excluding hydrogens is 274 g/mol. The Morgan fingerprint density at radius 1 is 1.45 bits per heavy atom. The van der Waals surface area contributed by atoms with E-state index in [4.69, 9.17) is 5.11 Å². The molecule has 0 radical (unpaired) electrons. The van der Waals surface area contributed by atoms with Crippen molar-refractivity contribution < 1.29 is 9.90 Å². The largest absolute Gasteiger partial charge is 0.394 e. The lowest BCUT2D eigenvalue weighted by molar-refractivity contribution is -0.121. The topological polar surface area (TPSA) is 75.1 Å². The number of hydrogen-bond acceptors (Lipinski definition) is 5. The predicted octanol–water partition coefficient (Wildman–Crippen LogP) is 1.63. The number of carbonyl (C=O) groups excluding carboxylic acids is 1. The number of aliphatic hydroxyl groups excluding tert-OH is 1. The lowest BCUT2D eigenvalue weighted by atomic mass is 10.2. The lowest BCUT2D eigenvalue weighted by Crippen LogP contribution is -2.35. The van der Waals surface area contributed by atoms with E-state index in [-0.39, 0.29) is 18.6 Å². The number of thiazole rings is 1. The van der Waals surface area contributed by atoms with Crippen molar-refractivity contribution in [2.75, 3.05) is 6.61 Å². The maximum Gasteiger partial charge on any atom is 0.220 e. The molecule has 0 fully saturated rings. The molecule has 106 valence electrons. The fourth-order valence-electron chi connectivity index (χ4n) is 1.68. The lowest BCUT2D eigenvalue weighted by Gasteiger charge is -2.09. The summed E-state index contributed by atoms with van der Waals surface area (Å²) in [7, 11) is 0. The van der Waals surface area contributed by atoms with Crippen LogP contribution < -0.4 is 5.32 Å². The molecule has 1 amide bonds. The summed E-state index contributed by atoms with van der Waals surface area (Å²) in [5, 5.41) is 14.5. The number of nitrogens with one attached hydrogen (secondary N) is 1. The maximum atomic E-state index is 11.6. The number of amides is 1. The summed E-state index contributed by atoms with van der Waals surface area (Å²) in [6, 6.07) is 3.63. The molecule has 0 aliphatic carbocycles. The highest BCUT2D eigenvalue weighted by Crippen LogP contribution is 2.23. The third-order valence-corrected chi connectivity index (χ3v) is 3.71. The van der Waals surface area contributed by atoms with E-state index in [2.05, 4.69) is 15.3 Å². The Morgan fingerprint density at radius 3 is 2.90 bits per heavy atom. The van der Waals surface area contributed by atoms with Crippen LogP contribution in [0.25, 0.3) is 10.6 Å². The van der Waals surface area contributed by atoms with Gasteiger partial charge in [0.25, 0.3) is 0 Å². The van der Waals surface area contributed by atoms with Gasteiger partial charge in [0.05, 0.1) is 12.3 Å². The van der Waals surface area contributed by atoms with Gasteiger partial charge < -0.3 is 10.4 Å². The van der Waals surface area contributed by atoms with Crippen LogP contribution in [0.2, 0.25) is 0 Å². The molecule has 0 aliphatic rings. The van der Waals surface area contributed by atoms with Crippen molar-refractivity contribution in [1.82, 2.24) is 15.3 Å². The van der Waals surface area contributed by atoms with Crippen molar-refractivity contribution in [2.24, 2.45) is 0 Å². The zero-order chi connectivity index (χ0) is 14.4. The first-order valence-corrected chi connectivity index (χ1v) is 7.32. The number of aryl methyl sites for hydroxylation is 1. The number of carbonyl (C=O) groups is 1. The number of aromatic nitrogens is 2. The molecule has 0 saturated carbocycles. The Kier molecular flexibility index (Phi) is 5.20. The van der Waals surface area contributed by atoms with Gasteiger partial charge >= 0.3 is 0 Å². The standard InChI is InChI=1S/C14H17N3O2S/c1-10(8-18)16-13(19)3-2-12-9-20-14(17-12)11-4-6-15-7-5-11/h4-7,9-10,18H,2-3,8H2,1H3,(H,16,19). The van der Waals surface area contributed by atoms with E-state index in [0.717, 1.165) is 16.3 Å². The van der Waals surface area contributed by atoms with Crippen molar-refractivity contribution in [2.45, 2.75) is 25.8 Å². The van der Waals surface area contributed by atoms with Crippen molar-refractivity contribution in [3.63, 3.8) is 0 Å². The zero-order valence-corrected chi connectivity index (χ0v) is 12.1. The van der Waals surface area contributed by atoms with Gasteiger partial charge in [-0.2, -0.15) is 0 Å². The van der Waals surface area contributed by atoms with E-state index >= 15 is 0 Å². The van der Waals surface area contributed by atoms with Gasteiger partial charge in [-0.05, 0) is 25.5 Å². The number of aliphatic hydroxyl groups is 1. The second kappa shape index (κ2) is 7.12. The SMILES string of the molecule is CC(CO)NC(=O)CCc1csc(-c2ccncc2)n1. The summed E-state index contributed by atoms with van der Waals surface area (Å²) in [4.78, 5) is 20.1. The van der Waals surface area contributed by atoms with Crippen molar-refractivity contribution in [3.05, 3.63) is 35.6 Å². The summed E-state index contributed by atoms with van der Waals surface area (Å²) in [5.74, 6) is -0.0648. The first-order chi connectivity index (χ1) is 9.69. The number of nitrogens with zero attached hydrogens (tertiary/aromatic N) is 2. The molecule has 1 atom stereocenters. The van der Waals surface area contributed by atoms with Crippen LogP contribution in [0.4, 0.5) is 0 Å². The molecule has 2 aromatic rings. The molecule has 20 heavy (non-hydrogen) atoms. The summed E-state index contributed by atoms with van der Waals surface area (Å²) in [6.45, 7) is 1.72. The quantitative estimate of drug-likeness (QED) is 0.848. The van der Waals surface area contributed by atoms with Gasteiger partial charge in [-0.1, -0.05) is 0 Å². The van der Waals surface area contributed by atoms with Gasteiger partial charge in [-0.3, -0.25) is 9.78 Å². The second-order valence-corrected chi connectivity index (χ2v) is 5.39. The predicted molar refractivity (Wildman–Crippen MR) is 78.4 cm³/mol. The van der Waals surface area contributed by atoms with E-state index in [1.54, 1.807) is 30.7 Å². The Morgan fingerprint density at radius 2 is 2.20 bits per heavy atom. The van der Waals surface area contributed by atoms with Crippen molar-refractivity contribution >= 4 is 17.2 Å². The molecule has 2 aromatic heterocycles. The smallest absolute Gasteiger partial charge is 0.220 e. The van der Waals surface area contributed by atoms with Gasteiger partial charge in [-0.25, -0.2) is 4.98 Å². The Hall–Kier alpha value is -1.79. The van der Waals surface area contributed by atoms with Crippen LogP contribution in [0.15, 0.2) is 29.9 Å². The monoisotopic (exact) mass is 291 g/mol. The van der Waals surface area contributed by atoms with Gasteiger partial charge in [0.1, 0.15) is 5.01 Å². The minimum Gasteiger partial charge on any atom is -0.394 e. The minimum absolute atomic E-state index is 0.0470. The fourth-order valence-corrected chi connectivity index (χ4v) is 2.54. The van der Waals surface area contributed by atoms with Crippen LogP contribution >= 0.6 is 11.3 Å². The molecule has 1 unspecified atom stereocenters. The average molecular weight is 291 g/mol. The molecule has 0 aliphatic heterocycles. The molecule has 0 spiro atoms. The summed E-state index contributed by atoms with van der Waals surface area (Å²) < 4.78 is 0. The molecule has 2 rings (SSSR count). The highest BCUT2D eigenvalue weighted by molar-refractivity contribution is 7.13. The van der Waals surface area contributed by atoms with Crippen LogP contribution in [0.1, 0.15) is 19.0 Å². The number of pyridine rings is 1. The number of rotatable bonds is 6. The van der Waals surface area contributed by atoms with E-state index in [9.17, 15) is 4.79 Å². The van der Waals surface area contributed by atoms with Crippen molar-refractivity contribution in [3.8, 4) is 10.6 Å². The summed E-state index contributed by atoms with van der Waals surface area (Å²) in [6.07, 6.45) is 4.45. The molecule has 0 bridgehead atoms. The molecule has 2 N–H and O–H groups in total. The average Bonchev–Trinajstić information content (AvgIpc) is 2.95. The number of hydrogen-bond donors (Lipinski definition) is 2. The Bertz CT molecular complexity index is 557. The minimum atomic E-state index is -0.203. The Balaban J connectivity index is 1.89. The normalized spacial score (nSPS) is 12.1. The first kappa shape index (κ1) is 14.6. The van der Waals surface area contributed by atoms with E-state index in [0.29, 0.717) is 12.8 Å². The maximum absolute atomic E-state index is 11.6. The van der Waals surface area contributed by atoms with Crippen LogP contribution in [-0.4, -0.2) is 33.6 Å². The Labute approximate surface area is 121 Å². The third-order valence-electron chi connectivity index (χ3n) is 2.77.